The van der Waals surface area contributed by atoms with Gasteiger partial charge in [-0.1, -0.05) is 30.3 Å². The van der Waals surface area contributed by atoms with Gasteiger partial charge in [-0.2, -0.15) is 0 Å². The summed E-state index contributed by atoms with van der Waals surface area (Å²) in [5, 5.41) is 0. The third-order valence-corrected chi connectivity index (χ3v) is 4.68. The zero-order valence-electron chi connectivity index (χ0n) is 18.1. The number of nitrogens with zero attached hydrogens (tertiary/aromatic N) is 1. The highest BCUT2D eigenvalue weighted by Crippen LogP contribution is 2.36. The Hall–Kier alpha value is -2.08. The smallest absolute Gasteiger partial charge is 0.412 e. The lowest BCUT2D eigenvalue weighted by atomic mass is 9.85. The largest absolute Gasteiger partial charge is 0.460 e. The van der Waals surface area contributed by atoms with Crippen molar-refractivity contribution in [1.82, 2.24) is 4.90 Å². The predicted molar refractivity (Wildman–Crippen MR) is 107 cm³/mol. The van der Waals surface area contributed by atoms with Crippen molar-refractivity contribution in [1.29, 1.82) is 0 Å². The Kier molecular flexibility index (Phi) is 6.44. The molecule has 0 unspecified atom stereocenters. The van der Waals surface area contributed by atoms with Crippen LogP contribution in [0.3, 0.4) is 0 Å². The minimum atomic E-state index is -0.795. The van der Waals surface area contributed by atoms with Gasteiger partial charge in [0.25, 0.3) is 0 Å². The van der Waals surface area contributed by atoms with Crippen molar-refractivity contribution in [3.8, 4) is 0 Å². The number of carbonyl (C=O) groups is 2. The molecule has 0 bridgehead atoms. The van der Waals surface area contributed by atoms with Crippen LogP contribution >= 0.6 is 0 Å². The number of benzene rings is 1. The number of amides is 1. The highest BCUT2D eigenvalue weighted by Gasteiger charge is 2.48. The van der Waals surface area contributed by atoms with Gasteiger partial charge in [-0.25, -0.2) is 4.79 Å². The van der Waals surface area contributed by atoms with Crippen LogP contribution in [-0.2, 0) is 25.6 Å². The number of ether oxygens (including phenoxy) is 3. The molecule has 1 fully saturated rings. The third-order valence-electron chi connectivity index (χ3n) is 4.68. The molecule has 1 aliphatic rings. The first-order chi connectivity index (χ1) is 12.8. The van der Waals surface area contributed by atoms with E-state index in [0.29, 0.717) is 13.0 Å². The van der Waals surface area contributed by atoms with Crippen LogP contribution in [0.5, 0.6) is 0 Å². The van der Waals surface area contributed by atoms with E-state index in [4.69, 9.17) is 14.2 Å². The molecule has 1 aliphatic heterocycles. The average molecular weight is 392 g/mol. The van der Waals surface area contributed by atoms with Crippen molar-refractivity contribution in [2.24, 2.45) is 5.41 Å². The molecule has 1 aromatic carbocycles. The lowest BCUT2D eigenvalue weighted by Gasteiger charge is -2.37. The molecule has 0 aliphatic carbocycles. The summed E-state index contributed by atoms with van der Waals surface area (Å²) >= 11 is 0. The SMILES string of the molecule is CC(C)(C)OC(=O)N1[C@@H](CC(C)(C)C(=O)OCc2ccccc2)COC1(C)C. The van der Waals surface area contributed by atoms with Gasteiger partial charge in [0.15, 0.2) is 0 Å². The molecule has 0 N–H and O–H groups in total. The molecule has 0 radical (unpaired) electrons. The van der Waals surface area contributed by atoms with E-state index in [2.05, 4.69) is 0 Å². The summed E-state index contributed by atoms with van der Waals surface area (Å²) in [6.45, 7) is 13.4. The number of carbonyl (C=O) groups excluding carboxylic acids is 2. The molecule has 1 atom stereocenters. The van der Waals surface area contributed by atoms with Crippen molar-refractivity contribution < 1.29 is 23.8 Å². The van der Waals surface area contributed by atoms with Gasteiger partial charge >= 0.3 is 12.1 Å². The first-order valence-corrected chi connectivity index (χ1v) is 9.69. The third kappa shape index (κ3) is 5.71. The predicted octanol–water partition coefficient (Wildman–Crippen LogP) is 4.52. The van der Waals surface area contributed by atoms with Crippen LogP contribution in [0.15, 0.2) is 30.3 Å². The molecule has 156 valence electrons. The minimum Gasteiger partial charge on any atom is -0.460 e. The van der Waals surface area contributed by atoms with Crippen molar-refractivity contribution in [2.45, 2.75) is 78.9 Å². The van der Waals surface area contributed by atoms with E-state index in [1.165, 1.54) is 0 Å². The van der Waals surface area contributed by atoms with Gasteiger partial charge in [0.05, 0.1) is 18.1 Å². The van der Waals surface area contributed by atoms with E-state index in [1.807, 2.05) is 78.8 Å². The van der Waals surface area contributed by atoms with Gasteiger partial charge in [0.1, 0.15) is 17.9 Å². The lowest BCUT2D eigenvalue weighted by Crippen LogP contribution is -2.51. The van der Waals surface area contributed by atoms with Crippen molar-refractivity contribution in [3.63, 3.8) is 0 Å². The van der Waals surface area contributed by atoms with Crippen LogP contribution in [0.25, 0.3) is 0 Å². The summed E-state index contributed by atoms with van der Waals surface area (Å²) in [6, 6.07) is 9.29. The van der Waals surface area contributed by atoms with Gasteiger partial charge in [0.2, 0.25) is 0 Å². The van der Waals surface area contributed by atoms with Gasteiger partial charge in [0, 0.05) is 0 Å². The van der Waals surface area contributed by atoms with Crippen LogP contribution in [0.4, 0.5) is 4.79 Å². The van der Waals surface area contributed by atoms with E-state index in [0.717, 1.165) is 5.56 Å². The van der Waals surface area contributed by atoms with Crippen LogP contribution in [0, 0.1) is 5.41 Å². The Morgan fingerprint density at radius 1 is 1.14 bits per heavy atom. The maximum absolute atomic E-state index is 12.8. The van der Waals surface area contributed by atoms with Gasteiger partial charge in [-0.3, -0.25) is 9.69 Å². The van der Waals surface area contributed by atoms with Crippen LogP contribution < -0.4 is 0 Å². The fourth-order valence-electron chi connectivity index (χ4n) is 3.31. The summed E-state index contributed by atoms with van der Waals surface area (Å²) in [5.41, 5.74) is -1.24. The van der Waals surface area contributed by atoms with E-state index < -0.39 is 22.8 Å². The summed E-state index contributed by atoms with van der Waals surface area (Å²) in [6.07, 6.45) is -0.0167. The molecule has 6 heteroatoms. The van der Waals surface area contributed by atoms with Crippen LogP contribution in [0.2, 0.25) is 0 Å². The van der Waals surface area contributed by atoms with Gasteiger partial charge in [-0.15, -0.1) is 0 Å². The Labute approximate surface area is 168 Å². The highest BCUT2D eigenvalue weighted by molar-refractivity contribution is 5.76. The second-order valence-corrected chi connectivity index (χ2v) is 9.41. The Morgan fingerprint density at radius 3 is 2.32 bits per heavy atom. The monoisotopic (exact) mass is 391 g/mol. The molecule has 0 aromatic heterocycles. The molecule has 0 spiro atoms. The molecule has 6 nitrogen and oxygen atoms in total. The molecule has 1 heterocycles. The summed E-state index contributed by atoms with van der Waals surface area (Å²) in [7, 11) is 0. The molecular weight excluding hydrogens is 358 g/mol. The van der Waals surface area contributed by atoms with E-state index in [-0.39, 0.29) is 18.6 Å². The number of rotatable bonds is 5. The molecule has 28 heavy (non-hydrogen) atoms. The number of esters is 1. The fourth-order valence-corrected chi connectivity index (χ4v) is 3.31. The van der Waals surface area contributed by atoms with E-state index in [1.54, 1.807) is 4.90 Å². The number of hydrogen-bond donors (Lipinski definition) is 0. The van der Waals surface area contributed by atoms with Crippen molar-refractivity contribution in [2.75, 3.05) is 6.61 Å². The molecule has 1 amide bonds. The molecule has 1 saturated heterocycles. The second-order valence-electron chi connectivity index (χ2n) is 9.41. The zero-order valence-corrected chi connectivity index (χ0v) is 18.1. The second kappa shape index (κ2) is 8.11. The topological polar surface area (TPSA) is 65.1 Å². The fraction of sp³-hybridized carbons (Fsp3) is 0.636. The standard InChI is InChI=1S/C22H33NO5/c1-20(2,3)28-19(25)23-17(15-27-22(23,6)7)13-21(4,5)18(24)26-14-16-11-9-8-10-12-16/h8-12,17H,13-15H2,1-7H3/t17-/m0/s1. The molecule has 2 rings (SSSR count). The average Bonchev–Trinajstić information content (AvgIpc) is 2.85. The molecule has 1 aromatic rings. The molecular formula is C22H33NO5. The van der Waals surface area contributed by atoms with Gasteiger partial charge < -0.3 is 14.2 Å². The summed E-state index contributed by atoms with van der Waals surface area (Å²) in [5.74, 6) is -0.301. The summed E-state index contributed by atoms with van der Waals surface area (Å²) in [4.78, 5) is 27.1. The first-order valence-electron chi connectivity index (χ1n) is 9.69. The minimum absolute atomic E-state index is 0.228. The first kappa shape index (κ1) is 22.2. The maximum Gasteiger partial charge on any atom is 0.412 e. The van der Waals surface area contributed by atoms with Crippen LogP contribution in [0.1, 0.15) is 60.5 Å². The van der Waals surface area contributed by atoms with Crippen molar-refractivity contribution in [3.05, 3.63) is 35.9 Å². The van der Waals surface area contributed by atoms with Crippen molar-refractivity contribution >= 4 is 12.1 Å². The Balaban J connectivity index is 2.05. The number of hydrogen-bond acceptors (Lipinski definition) is 5. The lowest BCUT2D eigenvalue weighted by molar-refractivity contribution is -0.156. The maximum atomic E-state index is 12.8. The Morgan fingerprint density at radius 2 is 1.75 bits per heavy atom. The van der Waals surface area contributed by atoms with Crippen LogP contribution in [-0.4, -0.2) is 40.9 Å². The summed E-state index contributed by atoms with van der Waals surface area (Å²) < 4.78 is 16.9. The normalized spacial score (nSPS) is 19.4. The molecule has 0 saturated carbocycles. The quantitative estimate of drug-likeness (QED) is 0.691. The van der Waals surface area contributed by atoms with Gasteiger partial charge in [-0.05, 0) is 60.5 Å². The van der Waals surface area contributed by atoms with E-state index in [9.17, 15) is 9.59 Å². The highest BCUT2D eigenvalue weighted by atomic mass is 16.6. The van der Waals surface area contributed by atoms with E-state index >= 15 is 0 Å². The Bertz CT molecular complexity index is 691. The zero-order chi connectivity index (χ0) is 21.2.